The number of aryl methyl sites for hydroxylation is 1. The van der Waals surface area contributed by atoms with E-state index in [1.54, 1.807) is 11.3 Å². The summed E-state index contributed by atoms with van der Waals surface area (Å²) in [6.45, 7) is 5.18. The van der Waals surface area contributed by atoms with Crippen molar-refractivity contribution in [1.82, 2.24) is 9.97 Å². The van der Waals surface area contributed by atoms with Crippen LogP contribution in [0.5, 0.6) is 0 Å². The smallest absolute Gasteiger partial charge is 0.226 e. The Hall–Kier alpha value is -1.40. The third kappa shape index (κ3) is 2.96. The van der Waals surface area contributed by atoms with Crippen LogP contribution >= 0.6 is 11.3 Å². The van der Waals surface area contributed by atoms with Gasteiger partial charge in [0.1, 0.15) is 10.6 Å². The average Bonchev–Trinajstić information content (AvgIpc) is 3.04. The van der Waals surface area contributed by atoms with Gasteiger partial charge >= 0.3 is 0 Å². The van der Waals surface area contributed by atoms with E-state index in [0.717, 1.165) is 35.4 Å². The minimum atomic E-state index is 0.245. The molecule has 0 radical (unpaired) electrons. The monoisotopic (exact) mass is 306 g/mol. The van der Waals surface area contributed by atoms with Crippen molar-refractivity contribution < 1.29 is 5.11 Å². The SMILES string of the molecule is CCNc1nc(NC2CCCC2CO)c2cc(C)sc2n1. The van der Waals surface area contributed by atoms with Gasteiger partial charge in [-0.05, 0) is 32.8 Å². The molecule has 2 heterocycles. The molecule has 0 spiro atoms. The number of aliphatic hydroxyl groups excluding tert-OH is 1. The number of thiophene rings is 1. The normalized spacial score (nSPS) is 21.9. The Bertz CT molecular complexity index is 627. The zero-order valence-electron chi connectivity index (χ0n) is 12.5. The molecule has 6 heteroatoms. The predicted molar refractivity (Wildman–Crippen MR) is 88.2 cm³/mol. The van der Waals surface area contributed by atoms with Crippen molar-refractivity contribution in [3.63, 3.8) is 0 Å². The maximum atomic E-state index is 9.49. The fourth-order valence-corrected chi connectivity index (χ4v) is 3.89. The van der Waals surface area contributed by atoms with Crippen LogP contribution < -0.4 is 10.6 Å². The maximum Gasteiger partial charge on any atom is 0.226 e. The molecule has 5 nitrogen and oxygen atoms in total. The van der Waals surface area contributed by atoms with Gasteiger partial charge in [0.2, 0.25) is 5.95 Å². The number of hydrogen-bond acceptors (Lipinski definition) is 6. The molecule has 2 aromatic rings. The van der Waals surface area contributed by atoms with E-state index in [-0.39, 0.29) is 6.61 Å². The molecule has 1 aliphatic carbocycles. The second-order valence-electron chi connectivity index (χ2n) is 5.63. The lowest BCUT2D eigenvalue weighted by Gasteiger charge is -2.20. The second kappa shape index (κ2) is 6.15. The minimum absolute atomic E-state index is 0.245. The maximum absolute atomic E-state index is 9.49. The Morgan fingerprint density at radius 3 is 3.00 bits per heavy atom. The number of fused-ring (bicyclic) bond motifs is 1. The molecular weight excluding hydrogens is 284 g/mol. The summed E-state index contributed by atoms with van der Waals surface area (Å²) in [6.07, 6.45) is 3.35. The van der Waals surface area contributed by atoms with Crippen molar-refractivity contribution in [2.75, 3.05) is 23.8 Å². The molecule has 21 heavy (non-hydrogen) atoms. The molecule has 1 saturated carbocycles. The molecule has 0 amide bonds. The van der Waals surface area contributed by atoms with Crippen LogP contribution in [-0.4, -0.2) is 34.3 Å². The highest BCUT2D eigenvalue weighted by Crippen LogP contribution is 2.33. The molecular formula is C15H22N4OS. The second-order valence-corrected chi connectivity index (χ2v) is 6.86. The van der Waals surface area contributed by atoms with Gasteiger partial charge in [0, 0.05) is 30.0 Å². The summed E-state index contributed by atoms with van der Waals surface area (Å²) >= 11 is 1.69. The van der Waals surface area contributed by atoms with Crippen molar-refractivity contribution >= 4 is 33.3 Å². The van der Waals surface area contributed by atoms with Crippen LogP contribution in [0, 0.1) is 12.8 Å². The van der Waals surface area contributed by atoms with Crippen molar-refractivity contribution in [3.05, 3.63) is 10.9 Å². The van der Waals surface area contributed by atoms with Gasteiger partial charge in [-0.1, -0.05) is 6.42 Å². The van der Waals surface area contributed by atoms with Gasteiger partial charge in [0.05, 0.1) is 5.39 Å². The highest BCUT2D eigenvalue weighted by molar-refractivity contribution is 7.18. The Kier molecular flexibility index (Phi) is 4.26. The van der Waals surface area contributed by atoms with Gasteiger partial charge in [0.25, 0.3) is 0 Å². The Labute approximate surface area is 128 Å². The molecule has 2 atom stereocenters. The lowest BCUT2D eigenvalue weighted by molar-refractivity contribution is 0.222. The Morgan fingerprint density at radius 1 is 1.38 bits per heavy atom. The van der Waals surface area contributed by atoms with Gasteiger partial charge in [-0.3, -0.25) is 0 Å². The summed E-state index contributed by atoms with van der Waals surface area (Å²) in [6, 6.07) is 2.45. The van der Waals surface area contributed by atoms with E-state index in [1.165, 1.54) is 11.3 Å². The quantitative estimate of drug-likeness (QED) is 0.792. The molecule has 0 saturated heterocycles. The van der Waals surface area contributed by atoms with E-state index in [1.807, 2.05) is 6.92 Å². The van der Waals surface area contributed by atoms with Gasteiger partial charge in [-0.2, -0.15) is 4.98 Å². The Balaban J connectivity index is 1.95. The number of rotatable bonds is 5. The fourth-order valence-electron chi connectivity index (χ4n) is 3.01. The first-order valence-electron chi connectivity index (χ1n) is 7.60. The zero-order chi connectivity index (χ0) is 14.8. The molecule has 114 valence electrons. The minimum Gasteiger partial charge on any atom is -0.396 e. The molecule has 2 unspecified atom stereocenters. The highest BCUT2D eigenvalue weighted by Gasteiger charge is 2.27. The predicted octanol–water partition coefficient (Wildman–Crippen LogP) is 3.00. The number of aliphatic hydroxyl groups is 1. The average molecular weight is 306 g/mol. The van der Waals surface area contributed by atoms with E-state index in [0.29, 0.717) is 17.9 Å². The standard InChI is InChI=1S/C15H22N4OS/c1-3-16-15-18-13(11-7-9(2)21-14(11)19-15)17-12-6-4-5-10(12)8-20/h7,10,12,20H,3-6,8H2,1-2H3,(H2,16,17,18,19). The van der Waals surface area contributed by atoms with Crippen LogP contribution in [0.1, 0.15) is 31.1 Å². The van der Waals surface area contributed by atoms with E-state index in [2.05, 4.69) is 33.6 Å². The molecule has 3 rings (SSSR count). The van der Waals surface area contributed by atoms with Gasteiger partial charge in [0.15, 0.2) is 0 Å². The molecule has 2 aromatic heterocycles. The van der Waals surface area contributed by atoms with Gasteiger partial charge in [-0.15, -0.1) is 11.3 Å². The first-order chi connectivity index (χ1) is 10.2. The number of hydrogen-bond donors (Lipinski definition) is 3. The third-order valence-electron chi connectivity index (χ3n) is 4.07. The number of anilines is 2. The number of nitrogens with zero attached hydrogens (tertiary/aromatic N) is 2. The molecule has 0 aliphatic heterocycles. The zero-order valence-corrected chi connectivity index (χ0v) is 13.3. The van der Waals surface area contributed by atoms with E-state index in [9.17, 15) is 5.11 Å². The molecule has 0 bridgehead atoms. The summed E-state index contributed by atoms with van der Waals surface area (Å²) in [5.74, 6) is 1.90. The molecule has 1 aliphatic rings. The Morgan fingerprint density at radius 2 is 2.24 bits per heavy atom. The number of aromatic nitrogens is 2. The lowest BCUT2D eigenvalue weighted by atomic mass is 10.1. The summed E-state index contributed by atoms with van der Waals surface area (Å²) in [7, 11) is 0. The summed E-state index contributed by atoms with van der Waals surface area (Å²) < 4.78 is 0. The van der Waals surface area contributed by atoms with Crippen LogP contribution in [0.25, 0.3) is 10.2 Å². The van der Waals surface area contributed by atoms with Crippen LogP contribution in [0.4, 0.5) is 11.8 Å². The van der Waals surface area contributed by atoms with E-state index in [4.69, 9.17) is 0 Å². The summed E-state index contributed by atoms with van der Waals surface area (Å²) in [5.41, 5.74) is 0. The van der Waals surface area contributed by atoms with Crippen molar-refractivity contribution in [1.29, 1.82) is 0 Å². The first kappa shape index (κ1) is 14.5. The molecule has 0 aromatic carbocycles. The highest BCUT2D eigenvalue weighted by atomic mass is 32.1. The largest absolute Gasteiger partial charge is 0.396 e. The first-order valence-corrected chi connectivity index (χ1v) is 8.42. The van der Waals surface area contributed by atoms with Crippen molar-refractivity contribution in [3.8, 4) is 0 Å². The van der Waals surface area contributed by atoms with Crippen LogP contribution in [0.15, 0.2) is 6.07 Å². The van der Waals surface area contributed by atoms with Crippen molar-refractivity contribution in [2.45, 2.75) is 39.2 Å². The fraction of sp³-hybridized carbons (Fsp3) is 0.600. The van der Waals surface area contributed by atoms with Gasteiger partial charge in [-0.25, -0.2) is 4.98 Å². The molecule has 3 N–H and O–H groups in total. The van der Waals surface area contributed by atoms with E-state index < -0.39 is 0 Å². The van der Waals surface area contributed by atoms with Crippen LogP contribution in [0.3, 0.4) is 0 Å². The van der Waals surface area contributed by atoms with E-state index >= 15 is 0 Å². The van der Waals surface area contributed by atoms with Gasteiger partial charge < -0.3 is 15.7 Å². The van der Waals surface area contributed by atoms with Crippen LogP contribution in [0.2, 0.25) is 0 Å². The number of nitrogens with one attached hydrogen (secondary N) is 2. The topological polar surface area (TPSA) is 70.1 Å². The summed E-state index contributed by atoms with van der Waals surface area (Å²) in [5, 5.41) is 17.3. The third-order valence-corrected chi connectivity index (χ3v) is 5.01. The van der Waals surface area contributed by atoms with Crippen molar-refractivity contribution in [2.24, 2.45) is 5.92 Å². The lowest BCUT2D eigenvalue weighted by Crippen LogP contribution is -2.27. The van der Waals surface area contributed by atoms with Crippen LogP contribution in [-0.2, 0) is 0 Å². The summed E-state index contributed by atoms with van der Waals surface area (Å²) in [4.78, 5) is 11.4. The molecule has 1 fully saturated rings.